The molecule has 3 aliphatic rings. The highest BCUT2D eigenvalue weighted by atomic mass is 16.3. The SMILES string of the molecule is [N-]=[N+]=NCN(CN=[N+]=[N-])[C@@H]1C(O)=C(C(=O)N=NN)C(=O)[C@@]2(O)C(O)=C3C(=O)c4c(O)cccc4CC3CC12. The lowest BCUT2D eigenvalue weighted by Crippen LogP contribution is -2.64. The van der Waals surface area contributed by atoms with Gasteiger partial charge < -0.3 is 26.3 Å². The highest BCUT2D eigenvalue weighted by molar-refractivity contribution is 6.25. The molecule has 0 saturated heterocycles. The Morgan fingerprint density at radius 3 is 2.42 bits per heavy atom. The monoisotopic (exact) mass is 524 g/mol. The molecule has 0 radical (unpaired) electrons. The number of hydrogen-bond donors (Lipinski definition) is 5. The molecule has 17 heteroatoms. The molecule has 4 rings (SSSR count). The fourth-order valence-electron chi connectivity index (χ4n) is 5.52. The van der Waals surface area contributed by atoms with Crippen molar-refractivity contribution in [1.29, 1.82) is 0 Å². The second-order valence-corrected chi connectivity index (χ2v) is 8.80. The molecule has 0 aromatic heterocycles. The number of ketones is 2. The van der Waals surface area contributed by atoms with Crippen LogP contribution in [-0.4, -0.2) is 67.8 Å². The number of aliphatic hydroxyl groups is 3. The molecule has 17 nitrogen and oxygen atoms in total. The summed E-state index contributed by atoms with van der Waals surface area (Å²) >= 11 is 0. The molecule has 0 heterocycles. The van der Waals surface area contributed by atoms with Crippen LogP contribution in [0.5, 0.6) is 5.75 Å². The minimum absolute atomic E-state index is 0.105. The van der Waals surface area contributed by atoms with Gasteiger partial charge in [-0.2, -0.15) is 0 Å². The number of azide groups is 2. The van der Waals surface area contributed by atoms with Crippen molar-refractivity contribution in [2.45, 2.75) is 24.5 Å². The van der Waals surface area contributed by atoms with Gasteiger partial charge >= 0.3 is 5.91 Å². The van der Waals surface area contributed by atoms with E-state index in [1.807, 2.05) is 0 Å². The molecular weight excluding hydrogens is 504 g/mol. The lowest BCUT2D eigenvalue weighted by Gasteiger charge is -2.50. The summed E-state index contributed by atoms with van der Waals surface area (Å²) < 4.78 is 0. The number of nitrogens with zero attached hydrogens (tertiary/aromatic N) is 9. The lowest BCUT2D eigenvalue weighted by atomic mass is 9.58. The van der Waals surface area contributed by atoms with Crippen LogP contribution >= 0.6 is 0 Å². The molecule has 1 aromatic rings. The number of phenolic OH excluding ortho intramolecular Hbond substituents is 1. The first kappa shape index (κ1) is 26.1. The third-order valence-electron chi connectivity index (χ3n) is 7.03. The van der Waals surface area contributed by atoms with Crippen LogP contribution in [0.2, 0.25) is 0 Å². The minimum atomic E-state index is -2.94. The van der Waals surface area contributed by atoms with Crippen LogP contribution in [0.4, 0.5) is 0 Å². The number of hydrogen-bond acceptors (Lipinski definition) is 11. The van der Waals surface area contributed by atoms with Crippen molar-refractivity contribution in [2.24, 2.45) is 38.2 Å². The van der Waals surface area contributed by atoms with Crippen molar-refractivity contribution in [3.8, 4) is 5.75 Å². The summed E-state index contributed by atoms with van der Waals surface area (Å²) in [6.07, 6.45) is -0.0766. The highest BCUT2D eigenvalue weighted by Crippen LogP contribution is 2.52. The molecule has 38 heavy (non-hydrogen) atoms. The standard InChI is InChI=1S/C21H20N10O7/c22-28-25-6-31(7-26-29-23)15-10-5-9-4-8-2-1-3-11(32)12(8)16(33)13(9)18(35)21(10,38)19(36)14(17(15)34)20(37)27-30-24/h1-3,9-10,15,32,34-35,38H,4-7H2,(H2,24,27,37)/t9?,10?,15-,21-/m0/s1. The third kappa shape index (κ3) is 3.79. The van der Waals surface area contributed by atoms with Gasteiger partial charge in [0.05, 0.1) is 24.9 Å². The molecule has 1 aromatic carbocycles. The van der Waals surface area contributed by atoms with Crippen molar-refractivity contribution in [2.75, 3.05) is 13.3 Å². The van der Waals surface area contributed by atoms with E-state index in [2.05, 4.69) is 30.4 Å². The van der Waals surface area contributed by atoms with E-state index in [1.165, 1.54) is 12.1 Å². The Morgan fingerprint density at radius 2 is 1.82 bits per heavy atom. The Hall–Kier alpha value is -4.95. The molecule has 2 unspecified atom stereocenters. The number of fused-ring (bicyclic) bond motifs is 3. The van der Waals surface area contributed by atoms with Crippen molar-refractivity contribution >= 4 is 17.5 Å². The van der Waals surface area contributed by atoms with Crippen molar-refractivity contribution in [3.05, 3.63) is 72.9 Å². The first-order chi connectivity index (χ1) is 18.1. The number of benzene rings is 1. The second kappa shape index (κ2) is 9.84. The van der Waals surface area contributed by atoms with E-state index in [1.54, 1.807) is 6.07 Å². The van der Waals surface area contributed by atoms with Gasteiger partial charge in [0.1, 0.15) is 22.8 Å². The maximum atomic E-state index is 13.5. The van der Waals surface area contributed by atoms with Gasteiger partial charge in [-0.15, -0.1) is 0 Å². The van der Waals surface area contributed by atoms with Crippen molar-refractivity contribution in [1.82, 2.24) is 4.90 Å². The number of carbonyl (C=O) groups excluding carboxylic acids is 3. The predicted octanol–water partition coefficient (Wildman–Crippen LogP) is 1.76. The van der Waals surface area contributed by atoms with Crippen LogP contribution in [0.1, 0.15) is 22.3 Å². The Bertz CT molecular complexity index is 1420. The molecule has 0 bridgehead atoms. The Morgan fingerprint density at radius 1 is 1.16 bits per heavy atom. The first-order valence-corrected chi connectivity index (χ1v) is 11.0. The summed E-state index contributed by atoms with van der Waals surface area (Å²) in [5.74, 6) is -3.39. The first-order valence-electron chi connectivity index (χ1n) is 11.0. The average molecular weight is 524 g/mol. The maximum Gasteiger partial charge on any atom is 0.304 e. The number of phenols is 1. The largest absolute Gasteiger partial charge is 0.510 e. The summed E-state index contributed by atoms with van der Waals surface area (Å²) in [6.45, 7) is -1.11. The fraction of sp³-hybridized carbons (Fsp3) is 0.381. The molecule has 4 atom stereocenters. The Labute approximate surface area is 212 Å². The van der Waals surface area contributed by atoms with Gasteiger partial charge in [-0.05, 0) is 41.5 Å². The van der Waals surface area contributed by atoms with E-state index >= 15 is 0 Å². The zero-order valence-corrected chi connectivity index (χ0v) is 19.4. The van der Waals surface area contributed by atoms with Crippen LogP contribution in [0.3, 0.4) is 0 Å². The quantitative estimate of drug-likeness (QED) is 0.0903. The molecule has 0 saturated carbocycles. The average Bonchev–Trinajstić information content (AvgIpc) is 2.87. The number of allylic oxidation sites excluding steroid dienone is 1. The minimum Gasteiger partial charge on any atom is -0.510 e. The van der Waals surface area contributed by atoms with Gasteiger partial charge in [0.2, 0.25) is 5.78 Å². The van der Waals surface area contributed by atoms with E-state index < -0.39 is 71.4 Å². The molecule has 1 amide bonds. The molecule has 0 fully saturated rings. The number of rotatable bonds is 6. The van der Waals surface area contributed by atoms with E-state index in [0.29, 0.717) is 5.56 Å². The summed E-state index contributed by atoms with van der Waals surface area (Å²) in [5, 5.41) is 57.1. The van der Waals surface area contributed by atoms with Gasteiger partial charge in [0.15, 0.2) is 11.4 Å². The van der Waals surface area contributed by atoms with Crippen LogP contribution in [0.15, 0.2) is 61.4 Å². The third-order valence-corrected chi connectivity index (χ3v) is 7.03. The predicted molar refractivity (Wildman–Crippen MR) is 125 cm³/mol. The van der Waals surface area contributed by atoms with E-state index in [0.717, 1.165) is 4.90 Å². The number of carbonyl (C=O) groups is 3. The topological polar surface area (TPSA) is 284 Å². The summed E-state index contributed by atoms with van der Waals surface area (Å²) in [7, 11) is 0. The second-order valence-electron chi connectivity index (χ2n) is 8.80. The van der Waals surface area contributed by atoms with Gasteiger partial charge in [-0.25, -0.2) is 0 Å². The van der Waals surface area contributed by atoms with Gasteiger partial charge in [-0.3, -0.25) is 19.3 Å². The number of nitrogens with two attached hydrogens (primary N) is 1. The van der Waals surface area contributed by atoms with Crippen LogP contribution in [0.25, 0.3) is 20.9 Å². The number of aromatic hydroxyl groups is 1. The molecule has 6 N–H and O–H groups in total. The Balaban J connectivity index is 1.98. The maximum absolute atomic E-state index is 13.5. The van der Waals surface area contributed by atoms with Crippen molar-refractivity contribution in [3.63, 3.8) is 0 Å². The summed E-state index contributed by atoms with van der Waals surface area (Å²) in [4.78, 5) is 45.9. The zero-order chi connectivity index (χ0) is 27.8. The summed E-state index contributed by atoms with van der Waals surface area (Å²) in [5.41, 5.74) is 13.6. The smallest absolute Gasteiger partial charge is 0.304 e. The molecule has 196 valence electrons. The van der Waals surface area contributed by atoms with Gasteiger partial charge in [-0.1, -0.05) is 32.7 Å². The Kier molecular flexibility index (Phi) is 6.76. The van der Waals surface area contributed by atoms with Crippen LogP contribution in [0, 0.1) is 11.8 Å². The van der Waals surface area contributed by atoms with Gasteiger partial charge in [0.25, 0.3) is 0 Å². The summed E-state index contributed by atoms with van der Waals surface area (Å²) in [6, 6.07) is 2.87. The van der Waals surface area contributed by atoms with Gasteiger partial charge in [0, 0.05) is 21.3 Å². The molecule has 0 spiro atoms. The number of Topliss-reactive ketones (excluding diaryl/α,β-unsaturated/α-hetero) is 2. The molecular formula is C21H20N10O7. The highest BCUT2D eigenvalue weighted by Gasteiger charge is 2.63. The van der Waals surface area contributed by atoms with E-state index in [9.17, 15) is 34.8 Å². The zero-order valence-electron chi connectivity index (χ0n) is 19.4. The van der Waals surface area contributed by atoms with E-state index in [4.69, 9.17) is 16.9 Å². The van der Waals surface area contributed by atoms with Crippen LogP contribution < -0.4 is 5.84 Å². The molecule has 0 aliphatic heterocycles. The number of amides is 1. The van der Waals surface area contributed by atoms with Crippen molar-refractivity contribution < 1.29 is 34.8 Å². The van der Waals surface area contributed by atoms with E-state index in [-0.39, 0.29) is 29.7 Å². The lowest BCUT2D eigenvalue weighted by molar-refractivity contribution is -0.149. The fourth-order valence-corrected chi connectivity index (χ4v) is 5.52. The normalized spacial score (nSPS) is 26.4. The number of aliphatic hydroxyl groups excluding tert-OH is 2. The van der Waals surface area contributed by atoms with Crippen LogP contribution in [-0.2, 0) is 16.0 Å². The molecule has 3 aliphatic carbocycles.